The predicted octanol–water partition coefficient (Wildman–Crippen LogP) is 2.10. The number of nitrogens with two attached hydrogens (primary N) is 1. The summed E-state index contributed by atoms with van der Waals surface area (Å²) in [5, 5.41) is 17.9. The van der Waals surface area contributed by atoms with E-state index in [-0.39, 0.29) is 11.6 Å². The van der Waals surface area contributed by atoms with Crippen molar-refractivity contribution in [2.75, 3.05) is 17.2 Å². The Morgan fingerprint density at radius 2 is 2.22 bits per heavy atom. The van der Waals surface area contributed by atoms with Gasteiger partial charge in [0.05, 0.1) is 29.4 Å². The summed E-state index contributed by atoms with van der Waals surface area (Å²) < 4.78 is 0. The number of para-hydroxylation sites is 1. The Hall–Kier alpha value is -2.22. The van der Waals surface area contributed by atoms with Crippen molar-refractivity contribution in [3.63, 3.8) is 0 Å². The molecule has 0 radical (unpaired) electrons. The maximum atomic E-state index is 11.2. The second-order valence-corrected chi connectivity index (χ2v) is 4.24. The summed E-state index contributed by atoms with van der Waals surface area (Å²) in [7, 11) is 0. The Bertz CT molecular complexity index is 478. The van der Waals surface area contributed by atoms with E-state index in [1.54, 1.807) is 12.1 Å². The number of anilines is 2. The van der Waals surface area contributed by atoms with Crippen LogP contribution < -0.4 is 10.6 Å². The minimum absolute atomic E-state index is 0.0705. The van der Waals surface area contributed by atoms with Crippen LogP contribution in [0.15, 0.2) is 18.2 Å². The lowest BCUT2D eigenvalue weighted by Crippen LogP contribution is -2.33. The van der Waals surface area contributed by atoms with Crippen molar-refractivity contribution in [2.24, 2.45) is 0 Å². The summed E-state index contributed by atoms with van der Waals surface area (Å²) in [5.74, 6) is -1.01. The van der Waals surface area contributed by atoms with Gasteiger partial charge in [0.1, 0.15) is 0 Å². The summed E-state index contributed by atoms with van der Waals surface area (Å²) in [6.07, 6.45) is 0.325. The Balaban J connectivity index is 3.26. The number of benzene rings is 1. The van der Waals surface area contributed by atoms with Gasteiger partial charge in [0, 0.05) is 12.6 Å². The van der Waals surface area contributed by atoms with Gasteiger partial charge in [0.25, 0.3) is 0 Å². The van der Waals surface area contributed by atoms with Crippen LogP contribution in [-0.2, 0) is 0 Å². The molecule has 0 saturated heterocycles. The molecule has 0 fully saturated rings. The lowest BCUT2D eigenvalue weighted by atomic mass is 10.1. The number of carbonyl (C=O) groups is 1. The number of nitrogens with zero attached hydrogens (tertiary/aromatic N) is 2. The van der Waals surface area contributed by atoms with E-state index in [0.717, 1.165) is 0 Å². The number of carboxylic acid groups (broad SMARTS) is 1. The second-order valence-electron chi connectivity index (χ2n) is 4.24. The first-order valence-electron chi connectivity index (χ1n) is 5.74. The molecule has 0 unspecified atom stereocenters. The van der Waals surface area contributed by atoms with Crippen LogP contribution in [0.3, 0.4) is 0 Å². The topological polar surface area (TPSA) is 90.4 Å². The summed E-state index contributed by atoms with van der Waals surface area (Å²) in [5.41, 5.74) is 6.96. The molecule has 1 aromatic carbocycles. The molecule has 0 spiro atoms. The molecular weight excluding hydrogens is 230 g/mol. The molecule has 0 aliphatic carbocycles. The molecule has 0 amide bonds. The van der Waals surface area contributed by atoms with E-state index in [4.69, 9.17) is 11.0 Å². The fourth-order valence-electron chi connectivity index (χ4n) is 1.85. The van der Waals surface area contributed by atoms with Gasteiger partial charge >= 0.3 is 5.97 Å². The van der Waals surface area contributed by atoms with Crippen LogP contribution in [0.4, 0.5) is 11.4 Å². The maximum absolute atomic E-state index is 11.2. The molecule has 0 heterocycles. The van der Waals surface area contributed by atoms with Gasteiger partial charge < -0.3 is 15.7 Å². The zero-order valence-electron chi connectivity index (χ0n) is 10.6. The number of hydrogen-bond donors (Lipinski definition) is 2. The first-order valence-corrected chi connectivity index (χ1v) is 5.74. The summed E-state index contributed by atoms with van der Waals surface area (Å²) >= 11 is 0. The van der Waals surface area contributed by atoms with Gasteiger partial charge in [0.15, 0.2) is 0 Å². The molecule has 0 aromatic heterocycles. The molecule has 0 saturated carbocycles. The zero-order chi connectivity index (χ0) is 13.7. The van der Waals surface area contributed by atoms with Gasteiger partial charge in [0.2, 0.25) is 0 Å². The van der Waals surface area contributed by atoms with Crippen molar-refractivity contribution in [3.8, 4) is 6.07 Å². The van der Waals surface area contributed by atoms with Gasteiger partial charge in [-0.05, 0) is 26.0 Å². The van der Waals surface area contributed by atoms with Crippen molar-refractivity contribution in [2.45, 2.75) is 26.3 Å². The SMILES string of the molecule is CC(C)N(CCC#N)c1c(N)cccc1C(=O)O. The van der Waals surface area contributed by atoms with Crippen molar-refractivity contribution >= 4 is 17.3 Å². The van der Waals surface area contributed by atoms with E-state index < -0.39 is 5.97 Å². The second kappa shape index (κ2) is 5.92. The number of hydrogen-bond acceptors (Lipinski definition) is 4. The molecule has 1 aromatic rings. The van der Waals surface area contributed by atoms with Gasteiger partial charge in [-0.15, -0.1) is 0 Å². The number of nitrogen functional groups attached to an aromatic ring is 1. The molecule has 0 atom stereocenters. The number of aromatic carboxylic acids is 1. The molecule has 0 bridgehead atoms. The highest BCUT2D eigenvalue weighted by atomic mass is 16.4. The van der Waals surface area contributed by atoms with Gasteiger partial charge in [-0.2, -0.15) is 5.26 Å². The minimum atomic E-state index is -1.01. The molecule has 18 heavy (non-hydrogen) atoms. The Morgan fingerprint density at radius 3 is 2.72 bits per heavy atom. The van der Waals surface area contributed by atoms with Crippen LogP contribution in [-0.4, -0.2) is 23.7 Å². The van der Waals surface area contributed by atoms with Crippen molar-refractivity contribution in [3.05, 3.63) is 23.8 Å². The quantitative estimate of drug-likeness (QED) is 0.777. The summed E-state index contributed by atoms with van der Waals surface area (Å²) in [6.45, 7) is 4.34. The van der Waals surface area contributed by atoms with E-state index >= 15 is 0 Å². The summed E-state index contributed by atoms with van der Waals surface area (Å²) in [4.78, 5) is 13.1. The van der Waals surface area contributed by atoms with Crippen LogP contribution in [0.1, 0.15) is 30.6 Å². The molecule has 96 valence electrons. The minimum Gasteiger partial charge on any atom is -0.478 e. The van der Waals surface area contributed by atoms with Crippen LogP contribution in [0.2, 0.25) is 0 Å². The van der Waals surface area contributed by atoms with Crippen LogP contribution >= 0.6 is 0 Å². The molecule has 0 aliphatic rings. The van der Waals surface area contributed by atoms with E-state index in [1.807, 2.05) is 18.7 Å². The maximum Gasteiger partial charge on any atom is 0.337 e. The highest BCUT2D eigenvalue weighted by molar-refractivity contribution is 5.98. The largest absolute Gasteiger partial charge is 0.478 e. The van der Waals surface area contributed by atoms with Crippen LogP contribution in [0.5, 0.6) is 0 Å². The average molecular weight is 247 g/mol. The lowest BCUT2D eigenvalue weighted by molar-refractivity contribution is 0.0697. The predicted molar refractivity (Wildman–Crippen MR) is 70.5 cm³/mol. The van der Waals surface area contributed by atoms with Crippen LogP contribution in [0.25, 0.3) is 0 Å². The molecule has 5 heteroatoms. The van der Waals surface area contributed by atoms with E-state index in [1.165, 1.54) is 6.07 Å². The molecule has 5 nitrogen and oxygen atoms in total. The fourth-order valence-corrected chi connectivity index (χ4v) is 1.85. The number of carboxylic acids is 1. The highest BCUT2D eigenvalue weighted by Gasteiger charge is 2.20. The monoisotopic (exact) mass is 247 g/mol. The Morgan fingerprint density at radius 1 is 1.56 bits per heavy atom. The van der Waals surface area contributed by atoms with Gasteiger partial charge in [-0.3, -0.25) is 0 Å². The average Bonchev–Trinajstić information content (AvgIpc) is 2.30. The number of rotatable bonds is 5. The van der Waals surface area contributed by atoms with Crippen LogP contribution in [0, 0.1) is 11.3 Å². The normalized spacial score (nSPS) is 10.1. The highest BCUT2D eigenvalue weighted by Crippen LogP contribution is 2.29. The van der Waals surface area contributed by atoms with Crippen molar-refractivity contribution in [1.82, 2.24) is 0 Å². The third-order valence-electron chi connectivity index (χ3n) is 2.67. The zero-order valence-corrected chi connectivity index (χ0v) is 10.6. The number of nitriles is 1. The fraction of sp³-hybridized carbons (Fsp3) is 0.385. The Labute approximate surface area is 106 Å². The van der Waals surface area contributed by atoms with E-state index in [2.05, 4.69) is 6.07 Å². The molecule has 3 N–H and O–H groups in total. The lowest BCUT2D eigenvalue weighted by Gasteiger charge is -2.30. The standard InChI is InChI=1S/C13H17N3O2/c1-9(2)16(8-4-7-14)12-10(13(17)18)5-3-6-11(12)15/h3,5-6,9H,4,8,15H2,1-2H3,(H,17,18). The van der Waals surface area contributed by atoms with Crippen molar-refractivity contribution < 1.29 is 9.90 Å². The molecular formula is C13H17N3O2. The summed E-state index contributed by atoms with van der Waals surface area (Å²) in [6, 6.07) is 6.94. The van der Waals surface area contributed by atoms with Gasteiger partial charge in [-0.1, -0.05) is 6.07 Å². The Kier molecular flexibility index (Phi) is 4.55. The smallest absolute Gasteiger partial charge is 0.337 e. The first-order chi connectivity index (χ1) is 8.49. The van der Waals surface area contributed by atoms with E-state index in [0.29, 0.717) is 24.3 Å². The molecule has 0 aliphatic heterocycles. The molecule has 1 rings (SSSR count). The van der Waals surface area contributed by atoms with Crippen molar-refractivity contribution in [1.29, 1.82) is 5.26 Å². The van der Waals surface area contributed by atoms with Gasteiger partial charge in [-0.25, -0.2) is 4.79 Å². The third-order valence-corrected chi connectivity index (χ3v) is 2.67. The third kappa shape index (κ3) is 2.92. The van der Waals surface area contributed by atoms with E-state index in [9.17, 15) is 9.90 Å². The first kappa shape index (κ1) is 13.8.